The molecule has 0 aromatic carbocycles. The van der Waals surface area contributed by atoms with E-state index in [4.69, 9.17) is 0 Å². The van der Waals surface area contributed by atoms with Gasteiger partial charge < -0.3 is 4.98 Å². The first kappa shape index (κ1) is 9.67. The van der Waals surface area contributed by atoms with Crippen molar-refractivity contribution in [2.45, 2.75) is 13.8 Å². The lowest BCUT2D eigenvalue weighted by Gasteiger charge is -1.79. The molecule has 1 N–H and O–H groups in total. The Bertz CT molecular complexity index is 145. The Balaban J connectivity index is 0.000000291. The Morgan fingerprint density at radius 2 is 2.00 bits per heavy atom. The van der Waals surface area contributed by atoms with Crippen LogP contribution in [-0.4, -0.2) is 9.97 Å². The standard InChI is InChI=1S/C5H8N2.I2/c1-4-5(2)7-3-6-4;1-2/h3H,1-2H3,(H,6,7);. The highest BCUT2D eigenvalue weighted by Gasteiger charge is 1.87. The quantitative estimate of drug-likeness (QED) is 0.717. The number of aryl methyl sites for hydroxylation is 2. The zero-order valence-corrected chi connectivity index (χ0v) is 9.60. The molecule has 4 heteroatoms. The number of nitrogens with zero attached hydrogens (tertiary/aromatic N) is 1. The highest BCUT2D eigenvalue weighted by Crippen LogP contribution is 1.94. The van der Waals surface area contributed by atoms with Gasteiger partial charge in [0.15, 0.2) is 0 Å². The van der Waals surface area contributed by atoms with E-state index in [9.17, 15) is 0 Å². The van der Waals surface area contributed by atoms with Crippen molar-refractivity contribution in [2.24, 2.45) is 0 Å². The summed E-state index contributed by atoms with van der Waals surface area (Å²) in [5.74, 6) is 0. The molecule has 1 heterocycles. The Kier molecular flexibility index (Phi) is 5.86. The molecule has 52 valence electrons. The predicted molar refractivity (Wildman–Crippen MR) is 56.1 cm³/mol. The molecule has 0 unspecified atom stereocenters. The molecule has 0 aliphatic heterocycles. The van der Waals surface area contributed by atoms with E-state index in [0.717, 1.165) is 11.4 Å². The molecule has 0 aliphatic carbocycles. The summed E-state index contributed by atoms with van der Waals surface area (Å²) in [7, 11) is 0. The molecule has 0 amide bonds. The van der Waals surface area contributed by atoms with E-state index < -0.39 is 0 Å². The third-order valence-corrected chi connectivity index (χ3v) is 1.08. The smallest absolute Gasteiger partial charge is 0.0925 e. The number of imidazole rings is 1. The molecule has 1 aromatic rings. The largest absolute Gasteiger partial charge is 0.348 e. The van der Waals surface area contributed by atoms with Gasteiger partial charge in [-0.15, -0.1) is 0 Å². The van der Waals surface area contributed by atoms with Crippen LogP contribution in [0.4, 0.5) is 0 Å². The number of hydrogen-bond donors (Lipinski definition) is 1. The molecule has 0 bridgehead atoms. The molecule has 0 saturated carbocycles. The molecule has 0 fully saturated rings. The van der Waals surface area contributed by atoms with E-state index in [1.54, 1.807) is 6.33 Å². The number of hydrogen-bond acceptors (Lipinski definition) is 1. The first-order valence-corrected chi connectivity index (χ1v) is 8.70. The van der Waals surface area contributed by atoms with Gasteiger partial charge in [-0.05, 0) is 13.8 Å². The Morgan fingerprint density at radius 1 is 1.44 bits per heavy atom. The number of H-pyrrole nitrogens is 1. The number of nitrogens with one attached hydrogen (secondary N) is 1. The van der Waals surface area contributed by atoms with Crippen LogP contribution in [-0.2, 0) is 0 Å². The lowest BCUT2D eigenvalue weighted by atomic mass is 10.4. The Morgan fingerprint density at radius 3 is 2.11 bits per heavy atom. The van der Waals surface area contributed by atoms with Crippen LogP contribution in [0.5, 0.6) is 0 Å². The molecule has 0 spiro atoms. The van der Waals surface area contributed by atoms with Crippen LogP contribution < -0.4 is 0 Å². The Hall–Kier alpha value is 0.670. The molecule has 1 aromatic heterocycles. The van der Waals surface area contributed by atoms with Crippen LogP contribution in [0.25, 0.3) is 0 Å². The summed E-state index contributed by atoms with van der Waals surface area (Å²) < 4.78 is 0. The van der Waals surface area contributed by atoms with Gasteiger partial charge in [0.1, 0.15) is 0 Å². The molecule has 2 nitrogen and oxygen atoms in total. The molecule has 9 heavy (non-hydrogen) atoms. The fourth-order valence-electron chi connectivity index (χ4n) is 0.427. The van der Waals surface area contributed by atoms with E-state index in [2.05, 4.69) is 47.2 Å². The fraction of sp³-hybridized carbons (Fsp3) is 0.400. The van der Waals surface area contributed by atoms with Gasteiger partial charge in [0.25, 0.3) is 0 Å². The van der Waals surface area contributed by atoms with Crippen LogP contribution in [0, 0.1) is 13.8 Å². The summed E-state index contributed by atoms with van der Waals surface area (Å²) in [6.45, 7) is 3.98. The van der Waals surface area contributed by atoms with Gasteiger partial charge in [0.2, 0.25) is 0 Å². The minimum atomic E-state index is 1.08. The monoisotopic (exact) mass is 350 g/mol. The lowest BCUT2D eigenvalue weighted by Crippen LogP contribution is -1.71. The molecule has 0 atom stereocenters. The van der Waals surface area contributed by atoms with Crippen LogP contribution in [0.3, 0.4) is 0 Å². The summed E-state index contributed by atoms with van der Waals surface area (Å²) in [6.07, 6.45) is 1.70. The van der Waals surface area contributed by atoms with E-state index in [0.29, 0.717) is 0 Å². The highest BCUT2D eigenvalue weighted by molar-refractivity contribution is 15.0. The van der Waals surface area contributed by atoms with Crippen molar-refractivity contribution >= 4 is 37.2 Å². The average Bonchev–Trinajstić information content (AvgIpc) is 2.23. The lowest BCUT2D eigenvalue weighted by molar-refractivity contribution is 1.22. The van der Waals surface area contributed by atoms with Gasteiger partial charge in [-0.2, -0.15) is 0 Å². The maximum absolute atomic E-state index is 3.96. The SMILES string of the molecule is Cc1nc[nH]c1C.II. The van der Waals surface area contributed by atoms with Crippen molar-refractivity contribution in [3.05, 3.63) is 17.7 Å². The second-order valence-corrected chi connectivity index (χ2v) is 1.61. The normalized spacial score (nSPS) is 8.00. The third kappa shape index (κ3) is 3.39. The number of aromatic nitrogens is 2. The molecule has 0 radical (unpaired) electrons. The van der Waals surface area contributed by atoms with Gasteiger partial charge in [-0.25, -0.2) is 4.98 Å². The van der Waals surface area contributed by atoms with Gasteiger partial charge in [0, 0.05) is 42.9 Å². The van der Waals surface area contributed by atoms with Crippen LogP contribution in [0.2, 0.25) is 0 Å². The van der Waals surface area contributed by atoms with Crippen molar-refractivity contribution in [3.8, 4) is 0 Å². The summed E-state index contributed by atoms with van der Waals surface area (Å²) in [5.41, 5.74) is 2.24. The van der Waals surface area contributed by atoms with E-state index in [-0.39, 0.29) is 0 Å². The van der Waals surface area contributed by atoms with Crippen molar-refractivity contribution in [1.82, 2.24) is 9.97 Å². The zero-order chi connectivity index (χ0) is 7.28. The van der Waals surface area contributed by atoms with Crippen molar-refractivity contribution in [3.63, 3.8) is 0 Å². The average molecular weight is 350 g/mol. The fourth-order valence-corrected chi connectivity index (χ4v) is 0.427. The van der Waals surface area contributed by atoms with Crippen molar-refractivity contribution in [2.75, 3.05) is 0 Å². The predicted octanol–water partition coefficient (Wildman–Crippen LogP) is 2.80. The molecular formula is C5H8I2N2. The van der Waals surface area contributed by atoms with Gasteiger partial charge in [0.05, 0.1) is 12.0 Å². The number of rotatable bonds is 0. The second-order valence-electron chi connectivity index (χ2n) is 1.61. The van der Waals surface area contributed by atoms with E-state index in [1.807, 2.05) is 13.8 Å². The van der Waals surface area contributed by atoms with Gasteiger partial charge >= 0.3 is 0 Å². The van der Waals surface area contributed by atoms with Crippen LogP contribution in [0.1, 0.15) is 11.4 Å². The summed E-state index contributed by atoms with van der Waals surface area (Å²) >= 11 is 4.24. The maximum Gasteiger partial charge on any atom is 0.0925 e. The Labute approximate surface area is 78.2 Å². The third-order valence-electron chi connectivity index (χ3n) is 1.08. The minimum Gasteiger partial charge on any atom is -0.348 e. The first-order chi connectivity index (χ1) is 4.30. The van der Waals surface area contributed by atoms with Crippen molar-refractivity contribution < 1.29 is 0 Å². The zero-order valence-electron chi connectivity index (χ0n) is 5.28. The topological polar surface area (TPSA) is 28.7 Å². The van der Waals surface area contributed by atoms with E-state index >= 15 is 0 Å². The van der Waals surface area contributed by atoms with E-state index in [1.165, 1.54) is 0 Å². The molecule has 0 saturated heterocycles. The van der Waals surface area contributed by atoms with Gasteiger partial charge in [-0.1, -0.05) is 0 Å². The maximum atomic E-state index is 3.96. The highest BCUT2D eigenvalue weighted by atomic mass is 128. The van der Waals surface area contributed by atoms with Gasteiger partial charge in [-0.3, -0.25) is 0 Å². The van der Waals surface area contributed by atoms with Crippen LogP contribution >= 0.6 is 37.2 Å². The number of halogens is 2. The van der Waals surface area contributed by atoms with Crippen molar-refractivity contribution in [1.29, 1.82) is 0 Å². The minimum absolute atomic E-state index is 1.08. The summed E-state index contributed by atoms with van der Waals surface area (Å²) in [6, 6.07) is 0. The first-order valence-electron chi connectivity index (χ1n) is 2.41. The molecular weight excluding hydrogens is 342 g/mol. The summed E-state index contributed by atoms with van der Waals surface area (Å²) in [5, 5.41) is 0. The van der Waals surface area contributed by atoms with Crippen LogP contribution in [0.15, 0.2) is 6.33 Å². The number of aromatic amines is 1. The summed E-state index contributed by atoms with van der Waals surface area (Å²) in [4.78, 5) is 6.92. The molecule has 0 aliphatic rings. The molecule has 1 rings (SSSR count). The second kappa shape index (κ2) is 5.45.